The summed E-state index contributed by atoms with van der Waals surface area (Å²) in [5.74, 6) is 0. The highest BCUT2D eigenvalue weighted by atomic mass is 28.3. The summed E-state index contributed by atoms with van der Waals surface area (Å²) in [6, 6.07) is 10.3. The van der Waals surface area contributed by atoms with Crippen molar-refractivity contribution < 1.29 is 28.5 Å². The van der Waals surface area contributed by atoms with Crippen molar-refractivity contribution in [3.05, 3.63) is 35.9 Å². The smallest absolute Gasteiger partial charge is 0.412 e. The van der Waals surface area contributed by atoms with Gasteiger partial charge in [0.25, 0.3) is 0 Å². The van der Waals surface area contributed by atoms with Crippen LogP contribution in [0.15, 0.2) is 30.3 Å². The summed E-state index contributed by atoms with van der Waals surface area (Å²) in [5, 5.41) is 0. The molecule has 2 saturated heterocycles. The van der Waals surface area contributed by atoms with Crippen molar-refractivity contribution in [2.45, 2.75) is 109 Å². The van der Waals surface area contributed by atoms with Crippen LogP contribution in [0.3, 0.4) is 0 Å². The molecule has 0 N–H and O–H groups in total. The molecular weight excluding hydrogens is 488 g/mol. The van der Waals surface area contributed by atoms with Gasteiger partial charge in [-0.25, -0.2) is 9.59 Å². The van der Waals surface area contributed by atoms with Crippen LogP contribution in [0, 0.1) is 0 Å². The van der Waals surface area contributed by atoms with Gasteiger partial charge in [-0.2, -0.15) is 0 Å². The fourth-order valence-electron chi connectivity index (χ4n) is 5.12. The fraction of sp³-hybridized carbons (Fsp3) is 0.714. The first-order chi connectivity index (χ1) is 17.1. The van der Waals surface area contributed by atoms with Crippen LogP contribution in [-0.2, 0) is 25.4 Å². The molecule has 2 aliphatic rings. The Hall–Kier alpha value is -2.10. The van der Waals surface area contributed by atoms with E-state index in [-0.39, 0.29) is 24.3 Å². The summed E-state index contributed by atoms with van der Waals surface area (Å²) in [4.78, 5) is 30.3. The van der Waals surface area contributed by atoms with E-state index < -0.39 is 31.6 Å². The molecule has 1 aromatic carbocycles. The van der Waals surface area contributed by atoms with Gasteiger partial charge in [0.1, 0.15) is 17.4 Å². The monoisotopic (exact) mass is 534 g/mol. The van der Waals surface area contributed by atoms with Crippen LogP contribution in [-0.4, -0.2) is 85.9 Å². The van der Waals surface area contributed by atoms with Gasteiger partial charge >= 0.3 is 12.2 Å². The molecule has 0 radical (unpaired) electrons. The number of benzene rings is 1. The molecule has 2 unspecified atom stereocenters. The number of hydrogen-bond acceptors (Lipinski definition) is 6. The number of methoxy groups -OCH3 is 1. The molecule has 4 atom stereocenters. The highest BCUT2D eigenvalue weighted by Crippen LogP contribution is 2.40. The Balaban J connectivity index is 1.93. The maximum Gasteiger partial charge on any atom is 0.412 e. The molecule has 3 rings (SSSR count). The molecule has 0 aliphatic carbocycles. The second-order valence-corrected chi connectivity index (χ2v) is 18.5. The highest BCUT2D eigenvalue weighted by Gasteiger charge is 2.56. The third-order valence-electron chi connectivity index (χ3n) is 6.92. The third-order valence-corrected chi connectivity index (χ3v) is 8.63. The molecule has 2 amide bonds. The third kappa shape index (κ3) is 7.71. The lowest BCUT2D eigenvalue weighted by molar-refractivity contribution is -0.0860. The minimum atomic E-state index is -1.36. The molecular formula is C28H46N2O6Si. The number of rotatable bonds is 7. The van der Waals surface area contributed by atoms with Crippen molar-refractivity contribution in [2.24, 2.45) is 0 Å². The summed E-state index contributed by atoms with van der Waals surface area (Å²) in [7, 11) is 0.292. The standard InChI is InChI=1S/C28H46N2O6Si/c1-27(2,3)36-25(31)29-19-21(33-6)18-22(29)24-23(17-20-13-11-10-12-14-20)30(28(4,5)35-24)26(32)34-15-16-37(7,8)9/h10-14,21-24H,15-19H2,1-9H3/t21-,22-,23?,24?/m1/s1. The van der Waals surface area contributed by atoms with Crippen LogP contribution in [0.25, 0.3) is 0 Å². The molecule has 2 fully saturated rings. The fourth-order valence-corrected chi connectivity index (χ4v) is 5.83. The van der Waals surface area contributed by atoms with Gasteiger partial charge in [-0.05, 0) is 59.1 Å². The zero-order chi connectivity index (χ0) is 27.6. The van der Waals surface area contributed by atoms with E-state index in [0.29, 0.717) is 26.0 Å². The number of nitrogens with zero attached hydrogens (tertiary/aromatic N) is 2. The Morgan fingerprint density at radius 2 is 1.76 bits per heavy atom. The lowest BCUT2D eigenvalue weighted by Crippen LogP contribution is -2.52. The normalized spacial score (nSPS) is 25.9. The molecule has 0 saturated carbocycles. The zero-order valence-electron chi connectivity index (χ0n) is 24.1. The first-order valence-electron chi connectivity index (χ1n) is 13.3. The minimum Gasteiger partial charge on any atom is -0.450 e. The van der Waals surface area contributed by atoms with Crippen LogP contribution in [0.5, 0.6) is 0 Å². The average Bonchev–Trinajstić information content (AvgIpc) is 3.30. The quantitative estimate of drug-likeness (QED) is 0.428. The molecule has 37 heavy (non-hydrogen) atoms. The average molecular weight is 535 g/mol. The number of ether oxygens (including phenoxy) is 4. The van der Waals surface area contributed by atoms with E-state index in [1.165, 1.54) is 0 Å². The lowest BCUT2D eigenvalue weighted by atomic mass is 9.94. The maximum atomic E-state index is 13.5. The van der Waals surface area contributed by atoms with Crippen molar-refractivity contribution in [3.8, 4) is 0 Å². The van der Waals surface area contributed by atoms with Gasteiger partial charge in [0.05, 0.1) is 31.3 Å². The maximum absolute atomic E-state index is 13.5. The van der Waals surface area contributed by atoms with Gasteiger partial charge in [0.15, 0.2) is 0 Å². The Labute approximate surface area is 223 Å². The molecule has 208 valence electrons. The number of carbonyl (C=O) groups is 2. The summed E-state index contributed by atoms with van der Waals surface area (Å²) in [6.07, 6.45) is -0.175. The summed E-state index contributed by atoms with van der Waals surface area (Å²) < 4.78 is 23.9. The molecule has 8 nitrogen and oxygen atoms in total. The molecule has 2 aliphatic heterocycles. The van der Waals surface area contributed by atoms with E-state index >= 15 is 0 Å². The van der Waals surface area contributed by atoms with Gasteiger partial charge in [0.2, 0.25) is 0 Å². The van der Waals surface area contributed by atoms with Gasteiger partial charge in [-0.15, -0.1) is 0 Å². The Morgan fingerprint density at radius 1 is 1.11 bits per heavy atom. The van der Waals surface area contributed by atoms with Gasteiger partial charge in [-0.3, -0.25) is 9.80 Å². The summed E-state index contributed by atoms with van der Waals surface area (Å²) in [5.41, 5.74) is -0.451. The molecule has 0 bridgehead atoms. The summed E-state index contributed by atoms with van der Waals surface area (Å²) in [6.45, 7) is 16.9. The van der Waals surface area contributed by atoms with E-state index in [0.717, 1.165) is 11.6 Å². The first-order valence-corrected chi connectivity index (χ1v) is 17.0. The Bertz CT molecular complexity index is 927. The Kier molecular flexibility index (Phi) is 9.02. The molecule has 0 aromatic heterocycles. The lowest BCUT2D eigenvalue weighted by Gasteiger charge is -2.34. The van der Waals surface area contributed by atoms with E-state index in [2.05, 4.69) is 31.8 Å². The number of likely N-dealkylation sites (tertiary alicyclic amines) is 1. The first kappa shape index (κ1) is 29.5. The van der Waals surface area contributed by atoms with Gasteiger partial charge in [-0.1, -0.05) is 50.0 Å². The molecule has 9 heteroatoms. The SMILES string of the molecule is CO[C@@H]1C[C@H](C2OC(C)(C)N(C(=O)OCC[Si](C)(C)C)C2Cc2ccccc2)N(C(=O)OC(C)(C)C)C1. The second-order valence-electron chi connectivity index (χ2n) is 12.9. The Morgan fingerprint density at radius 3 is 2.32 bits per heavy atom. The number of hydrogen-bond donors (Lipinski definition) is 0. The minimum absolute atomic E-state index is 0.139. The van der Waals surface area contributed by atoms with E-state index in [4.69, 9.17) is 18.9 Å². The molecule has 0 spiro atoms. The number of carbonyl (C=O) groups excluding carboxylic acids is 2. The molecule has 1 aromatic rings. The highest BCUT2D eigenvalue weighted by molar-refractivity contribution is 6.76. The largest absolute Gasteiger partial charge is 0.450 e. The zero-order valence-corrected chi connectivity index (χ0v) is 25.1. The van der Waals surface area contributed by atoms with Crippen LogP contribution in [0.2, 0.25) is 25.7 Å². The van der Waals surface area contributed by atoms with Gasteiger partial charge < -0.3 is 18.9 Å². The molecule has 2 heterocycles. The predicted octanol–water partition coefficient (Wildman–Crippen LogP) is 5.53. The van der Waals surface area contributed by atoms with Crippen LogP contribution < -0.4 is 0 Å². The van der Waals surface area contributed by atoms with Crippen molar-refractivity contribution in [1.82, 2.24) is 9.80 Å². The predicted molar refractivity (Wildman–Crippen MR) is 146 cm³/mol. The van der Waals surface area contributed by atoms with Crippen LogP contribution >= 0.6 is 0 Å². The van der Waals surface area contributed by atoms with Crippen molar-refractivity contribution >= 4 is 20.3 Å². The van der Waals surface area contributed by atoms with Crippen molar-refractivity contribution in [1.29, 1.82) is 0 Å². The van der Waals surface area contributed by atoms with Crippen LogP contribution in [0.4, 0.5) is 9.59 Å². The van der Waals surface area contributed by atoms with Crippen LogP contribution in [0.1, 0.15) is 46.6 Å². The van der Waals surface area contributed by atoms with Crippen molar-refractivity contribution in [2.75, 3.05) is 20.3 Å². The van der Waals surface area contributed by atoms with Crippen molar-refractivity contribution in [3.63, 3.8) is 0 Å². The second kappa shape index (κ2) is 11.3. The van der Waals surface area contributed by atoms with E-state index in [1.807, 2.05) is 52.8 Å². The van der Waals surface area contributed by atoms with Gasteiger partial charge in [0, 0.05) is 15.2 Å². The van der Waals surface area contributed by atoms with E-state index in [1.54, 1.807) is 16.9 Å². The number of amides is 2. The topological polar surface area (TPSA) is 77.5 Å². The van der Waals surface area contributed by atoms with E-state index in [9.17, 15) is 9.59 Å². The summed E-state index contributed by atoms with van der Waals surface area (Å²) >= 11 is 0.